The summed E-state index contributed by atoms with van der Waals surface area (Å²) < 4.78 is 10.6. The SMILES string of the molecule is COc1ccc(CCN(C)C[C@H](c2ccc(OC)cc2)C2(O)CCCCC2)cc1. The standard InChI is InChI=1S/C25H35NO3/c1-26(18-15-20-7-11-22(28-2)12-8-20)19-24(25(27)16-5-4-6-17-25)21-9-13-23(29-3)14-10-21/h7-14,24,27H,4-6,15-19H2,1-3H3/t24-/m1/s1. The summed E-state index contributed by atoms with van der Waals surface area (Å²) >= 11 is 0. The maximum atomic E-state index is 11.5. The van der Waals surface area contributed by atoms with Gasteiger partial charge in [-0.15, -0.1) is 0 Å². The average Bonchev–Trinajstić information content (AvgIpc) is 2.77. The van der Waals surface area contributed by atoms with Gasteiger partial charge in [0.2, 0.25) is 0 Å². The van der Waals surface area contributed by atoms with Gasteiger partial charge in [-0.1, -0.05) is 43.5 Å². The molecule has 0 aliphatic heterocycles. The Morgan fingerprint density at radius 2 is 1.45 bits per heavy atom. The fraction of sp³-hybridized carbons (Fsp3) is 0.520. The van der Waals surface area contributed by atoms with Crippen LogP contribution in [0.1, 0.15) is 49.1 Å². The summed E-state index contributed by atoms with van der Waals surface area (Å²) in [6.45, 7) is 1.80. The topological polar surface area (TPSA) is 41.9 Å². The summed E-state index contributed by atoms with van der Waals surface area (Å²) in [4.78, 5) is 2.35. The van der Waals surface area contributed by atoms with Crippen molar-refractivity contribution in [2.75, 3.05) is 34.4 Å². The van der Waals surface area contributed by atoms with Gasteiger partial charge in [0.1, 0.15) is 11.5 Å². The van der Waals surface area contributed by atoms with Crippen LogP contribution >= 0.6 is 0 Å². The maximum Gasteiger partial charge on any atom is 0.118 e. The number of likely N-dealkylation sites (N-methyl/N-ethyl adjacent to an activating group) is 1. The van der Waals surface area contributed by atoms with E-state index in [1.165, 1.54) is 17.5 Å². The molecule has 1 atom stereocenters. The van der Waals surface area contributed by atoms with E-state index in [4.69, 9.17) is 9.47 Å². The van der Waals surface area contributed by atoms with Crippen molar-refractivity contribution >= 4 is 0 Å². The minimum Gasteiger partial charge on any atom is -0.497 e. The van der Waals surface area contributed by atoms with Crippen LogP contribution < -0.4 is 9.47 Å². The van der Waals surface area contributed by atoms with Crippen LogP contribution in [0.15, 0.2) is 48.5 Å². The number of benzene rings is 2. The first-order valence-electron chi connectivity index (χ1n) is 10.7. The van der Waals surface area contributed by atoms with Crippen molar-refractivity contribution in [2.24, 2.45) is 0 Å². The third kappa shape index (κ3) is 5.74. The molecule has 0 spiro atoms. The van der Waals surface area contributed by atoms with Crippen LogP contribution in [0.4, 0.5) is 0 Å². The Hall–Kier alpha value is -2.04. The van der Waals surface area contributed by atoms with Crippen LogP contribution in [-0.2, 0) is 6.42 Å². The Kier molecular flexibility index (Phi) is 7.57. The molecule has 0 amide bonds. The number of methoxy groups -OCH3 is 2. The molecular formula is C25H35NO3. The van der Waals surface area contributed by atoms with Crippen LogP contribution in [0.2, 0.25) is 0 Å². The highest BCUT2D eigenvalue weighted by atomic mass is 16.5. The summed E-state index contributed by atoms with van der Waals surface area (Å²) in [5, 5.41) is 11.5. The van der Waals surface area contributed by atoms with Crippen LogP contribution in [0, 0.1) is 0 Å². The van der Waals surface area contributed by atoms with Crippen LogP contribution in [0.3, 0.4) is 0 Å². The van der Waals surface area contributed by atoms with E-state index in [9.17, 15) is 5.11 Å². The van der Waals surface area contributed by atoms with Crippen LogP contribution in [0.5, 0.6) is 11.5 Å². The van der Waals surface area contributed by atoms with E-state index in [-0.39, 0.29) is 5.92 Å². The molecule has 1 N–H and O–H groups in total. The zero-order valence-corrected chi connectivity index (χ0v) is 18.1. The van der Waals surface area contributed by atoms with E-state index in [1.807, 2.05) is 24.3 Å². The highest BCUT2D eigenvalue weighted by Crippen LogP contribution is 2.40. The fourth-order valence-corrected chi connectivity index (χ4v) is 4.45. The summed E-state index contributed by atoms with van der Waals surface area (Å²) in [6, 6.07) is 16.5. The summed E-state index contributed by atoms with van der Waals surface area (Å²) in [6.07, 6.45) is 6.20. The van der Waals surface area contributed by atoms with Gasteiger partial charge in [0, 0.05) is 19.0 Å². The summed E-state index contributed by atoms with van der Waals surface area (Å²) in [5.74, 6) is 1.85. The molecule has 0 aromatic heterocycles. The first-order chi connectivity index (χ1) is 14.0. The first kappa shape index (κ1) is 21.7. The molecule has 29 heavy (non-hydrogen) atoms. The van der Waals surface area contributed by atoms with Crippen molar-refractivity contribution in [3.05, 3.63) is 59.7 Å². The molecule has 0 radical (unpaired) electrons. The molecule has 0 heterocycles. The molecule has 4 nitrogen and oxygen atoms in total. The zero-order chi connectivity index (χ0) is 20.7. The third-order valence-electron chi connectivity index (χ3n) is 6.32. The van der Waals surface area contributed by atoms with Crippen molar-refractivity contribution in [1.29, 1.82) is 0 Å². The largest absolute Gasteiger partial charge is 0.497 e. The lowest BCUT2D eigenvalue weighted by Gasteiger charge is -2.41. The van der Waals surface area contributed by atoms with Crippen molar-refractivity contribution in [3.8, 4) is 11.5 Å². The molecule has 158 valence electrons. The van der Waals surface area contributed by atoms with E-state index in [2.05, 4.69) is 36.2 Å². The van der Waals surface area contributed by atoms with E-state index < -0.39 is 5.60 Å². The number of aliphatic hydroxyl groups is 1. The summed E-state index contributed by atoms with van der Waals surface area (Å²) in [7, 11) is 5.54. The Labute approximate surface area is 175 Å². The number of nitrogens with zero attached hydrogens (tertiary/aromatic N) is 1. The fourth-order valence-electron chi connectivity index (χ4n) is 4.45. The lowest BCUT2D eigenvalue weighted by Crippen LogP contribution is -2.43. The van der Waals surface area contributed by atoms with Crippen molar-refractivity contribution < 1.29 is 14.6 Å². The predicted octanol–water partition coefficient (Wildman–Crippen LogP) is 4.66. The molecule has 3 rings (SSSR count). The normalized spacial score (nSPS) is 17.1. The predicted molar refractivity (Wildman–Crippen MR) is 118 cm³/mol. The van der Waals surface area contributed by atoms with Gasteiger partial charge < -0.3 is 19.5 Å². The molecule has 0 saturated heterocycles. The minimum atomic E-state index is -0.624. The van der Waals surface area contributed by atoms with Crippen LogP contribution in [0.25, 0.3) is 0 Å². The molecule has 0 unspecified atom stereocenters. The Bertz CT molecular complexity index is 736. The third-order valence-corrected chi connectivity index (χ3v) is 6.32. The van der Waals surface area contributed by atoms with E-state index in [0.717, 1.165) is 56.7 Å². The Morgan fingerprint density at radius 3 is 2.00 bits per heavy atom. The van der Waals surface area contributed by atoms with Crippen molar-refractivity contribution in [2.45, 2.75) is 50.0 Å². The second-order valence-corrected chi connectivity index (χ2v) is 8.35. The van der Waals surface area contributed by atoms with Crippen LogP contribution in [-0.4, -0.2) is 50.0 Å². The second kappa shape index (κ2) is 10.1. The van der Waals surface area contributed by atoms with Gasteiger partial charge >= 0.3 is 0 Å². The maximum absolute atomic E-state index is 11.5. The van der Waals surface area contributed by atoms with Gasteiger partial charge in [0.05, 0.1) is 19.8 Å². The van der Waals surface area contributed by atoms with E-state index >= 15 is 0 Å². The minimum absolute atomic E-state index is 0.106. The van der Waals surface area contributed by atoms with Crippen molar-refractivity contribution in [3.63, 3.8) is 0 Å². The van der Waals surface area contributed by atoms with Crippen molar-refractivity contribution in [1.82, 2.24) is 4.90 Å². The number of hydrogen-bond donors (Lipinski definition) is 1. The highest BCUT2D eigenvalue weighted by molar-refractivity contribution is 5.32. The quantitative estimate of drug-likeness (QED) is 0.668. The van der Waals surface area contributed by atoms with Gasteiger partial charge in [0.25, 0.3) is 0 Å². The molecule has 2 aromatic rings. The molecule has 1 aliphatic carbocycles. The lowest BCUT2D eigenvalue weighted by molar-refractivity contribution is -0.0291. The second-order valence-electron chi connectivity index (χ2n) is 8.35. The monoisotopic (exact) mass is 397 g/mol. The van der Waals surface area contributed by atoms with Gasteiger partial charge in [-0.05, 0) is 61.7 Å². The molecular weight excluding hydrogens is 362 g/mol. The molecule has 4 heteroatoms. The molecule has 1 saturated carbocycles. The van der Waals surface area contributed by atoms with Gasteiger partial charge in [0.15, 0.2) is 0 Å². The summed E-state index contributed by atoms with van der Waals surface area (Å²) in [5.41, 5.74) is 1.88. The Balaban J connectivity index is 1.69. The smallest absolute Gasteiger partial charge is 0.118 e. The highest BCUT2D eigenvalue weighted by Gasteiger charge is 2.39. The zero-order valence-electron chi connectivity index (χ0n) is 18.1. The van der Waals surface area contributed by atoms with E-state index in [1.54, 1.807) is 14.2 Å². The lowest BCUT2D eigenvalue weighted by atomic mass is 9.72. The molecule has 1 aliphatic rings. The number of hydrogen-bond acceptors (Lipinski definition) is 4. The van der Waals surface area contributed by atoms with Gasteiger partial charge in [-0.3, -0.25) is 0 Å². The Morgan fingerprint density at radius 1 is 0.897 bits per heavy atom. The molecule has 1 fully saturated rings. The molecule has 2 aromatic carbocycles. The number of ether oxygens (including phenoxy) is 2. The van der Waals surface area contributed by atoms with Gasteiger partial charge in [-0.2, -0.15) is 0 Å². The first-order valence-corrected chi connectivity index (χ1v) is 10.7. The average molecular weight is 398 g/mol. The number of rotatable bonds is 9. The molecule has 0 bridgehead atoms. The van der Waals surface area contributed by atoms with E-state index in [0.29, 0.717) is 0 Å². The van der Waals surface area contributed by atoms with Gasteiger partial charge in [-0.25, -0.2) is 0 Å².